The van der Waals surface area contributed by atoms with Gasteiger partial charge in [-0.3, -0.25) is 0 Å². The minimum Gasteiger partial charge on any atom is -0.0683 e. The Bertz CT molecular complexity index is 1490. The van der Waals surface area contributed by atoms with E-state index in [0.29, 0.717) is 0 Å². The van der Waals surface area contributed by atoms with Crippen LogP contribution in [0.1, 0.15) is 111 Å². The van der Waals surface area contributed by atoms with Gasteiger partial charge in [-0.25, -0.2) is 0 Å². The molecule has 8 aromatic carbocycles. The van der Waals surface area contributed by atoms with E-state index < -0.39 is 0 Å². The summed E-state index contributed by atoms with van der Waals surface area (Å²) in [5.41, 5.74) is 10.2. The molecule has 0 aliphatic rings. The van der Waals surface area contributed by atoms with Crippen LogP contribution < -0.4 is 0 Å². The van der Waals surface area contributed by atoms with E-state index in [1.54, 1.807) is 0 Å². The van der Waals surface area contributed by atoms with Crippen molar-refractivity contribution < 1.29 is 0 Å². The summed E-state index contributed by atoms with van der Waals surface area (Å²) < 4.78 is 0. The maximum absolute atomic E-state index is 2.12. The summed E-state index contributed by atoms with van der Waals surface area (Å²) in [6.45, 7) is 32.0. The average Bonchev–Trinajstić information content (AvgIpc) is 3.45. The third kappa shape index (κ3) is 30.7. The van der Waals surface area contributed by atoms with Gasteiger partial charge in [0.05, 0.1) is 0 Å². The second kappa shape index (κ2) is 52.9. The average molecular weight is 857 g/mol. The standard InChI is InChI=1S/4C12H10.8C2H6/c4*1-3-7-11(8-4-1)12-9-5-2-6-10-12;8*1-2/h4*1-10H;8*1-2H3. The van der Waals surface area contributed by atoms with E-state index in [1.807, 2.05) is 159 Å². The van der Waals surface area contributed by atoms with Crippen LogP contribution in [-0.4, -0.2) is 0 Å². The van der Waals surface area contributed by atoms with Crippen LogP contribution in [0, 0.1) is 0 Å². The molecule has 0 saturated carbocycles. The van der Waals surface area contributed by atoms with Crippen LogP contribution in [0.15, 0.2) is 243 Å². The molecule has 0 heterocycles. The first-order chi connectivity index (χ1) is 31.9. The Hall–Kier alpha value is -6.24. The highest BCUT2D eigenvalue weighted by molar-refractivity contribution is 5.65. The highest BCUT2D eigenvalue weighted by Crippen LogP contribution is 2.20. The van der Waals surface area contributed by atoms with E-state index in [-0.39, 0.29) is 0 Å². The monoisotopic (exact) mass is 857 g/mol. The molecular weight excluding hydrogens is 769 g/mol. The second-order valence-corrected chi connectivity index (χ2v) is 10.9. The summed E-state index contributed by atoms with van der Waals surface area (Å²) in [6, 6.07) is 83.1. The first kappa shape index (κ1) is 64.4. The van der Waals surface area contributed by atoms with Crippen molar-refractivity contribution in [2.45, 2.75) is 111 Å². The van der Waals surface area contributed by atoms with Crippen molar-refractivity contribution in [2.75, 3.05) is 0 Å². The van der Waals surface area contributed by atoms with E-state index in [2.05, 4.69) is 194 Å². The van der Waals surface area contributed by atoms with Gasteiger partial charge in [0.1, 0.15) is 0 Å². The molecular formula is C64H88. The molecule has 0 radical (unpaired) electrons. The highest BCUT2D eigenvalue weighted by Gasteiger charge is 1.94. The van der Waals surface area contributed by atoms with Gasteiger partial charge < -0.3 is 0 Å². The van der Waals surface area contributed by atoms with Crippen LogP contribution in [0.4, 0.5) is 0 Å². The van der Waals surface area contributed by atoms with Crippen molar-refractivity contribution in [3.63, 3.8) is 0 Å². The zero-order valence-corrected chi connectivity index (χ0v) is 43.1. The van der Waals surface area contributed by atoms with E-state index in [1.165, 1.54) is 44.5 Å². The topological polar surface area (TPSA) is 0 Å². The van der Waals surface area contributed by atoms with E-state index in [0.717, 1.165) is 0 Å². The maximum Gasteiger partial charge on any atom is -0.0184 e. The summed E-state index contributed by atoms with van der Waals surface area (Å²) in [5.74, 6) is 0. The molecule has 64 heavy (non-hydrogen) atoms. The number of hydrogen-bond donors (Lipinski definition) is 0. The van der Waals surface area contributed by atoms with Gasteiger partial charge in [-0.2, -0.15) is 0 Å². The van der Waals surface area contributed by atoms with Crippen molar-refractivity contribution in [3.05, 3.63) is 243 Å². The zero-order valence-electron chi connectivity index (χ0n) is 43.1. The smallest absolute Gasteiger partial charge is 0.0184 e. The van der Waals surface area contributed by atoms with Crippen LogP contribution in [0.25, 0.3) is 44.5 Å². The van der Waals surface area contributed by atoms with Crippen LogP contribution in [0.5, 0.6) is 0 Å². The quantitative estimate of drug-likeness (QED) is 0.165. The summed E-state index contributed by atoms with van der Waals surface area (Å²) in [4.78, 5) is 0. The Morgan fingerprint density at radius 3 is 0.234 bits per heavy atom. The Balaban J connectivity index is -0.000000339. The van der Waals surface area contributed by atoms with Crippen LogP contribution in [0.3, 0.4) is 0 Å². The van der Waals surface area contributed by atoms with Crippen molar-refractivity contribution in [1.82, 2.24) is 0 Å². The molecule has 0 bridgehead atoms. The van der Waals surface area contributed by atoms with Crippen molar-refractivity contribution in [3.8, 4) is 44.5 Å². The van der Waals surface area contributed by atoms with Gasteiger partial charge in [0.2, 0.25) is 0 Å². The van der Waals surface area contributed by atoms with Gasteiger partial charge in [-0.05, 0) is 44.5 Å². The molecule has 0 aromatic heterocycles. The zero-order chi connectivity index (χ0) is 48.9. The lowest BCUT2D eigenvalue weighted by atomic mass is 10.1. The summed E-state index contributed by atoms with van der Waals surface area (Å²) in [6.07, 6.45) is 0. The third-order valence-corrected chi connectivity index (χ3v) is 7.52. The third-order valence-electron chi connectivity index (χ3n) is 7.52. The first-order valence-corrected chi connectivity index (χ1v) is 24.3. The molecule has 0 spiro atoms. The molecule has 0 atom stereocenters. The molecule has 0 saturated heterocycles. The van der Waals surface area contributed by atoms with Crippen LogP contribution in [-0.2, 0) is 0 Å². The van der Waals surface area contributed by atoms with Gasteiger partial charge in [-0.1, -0.05) is 353 Å². The molecule has 0 amide bonds. The Labute approximate surface area is 396 Å². The Morgan fingerprint density at radius 1 is 0.109 bits per heavy atom. The molecule has 0 aliphatic carbocycles. The molecule has 8 rings (SSSR count). The van der Waals surface area contributed by atoms with Crippen LogP contribution in [0.2, 0.25) is 0 Å². The molecule has 0 heteroatoms. The summed E-state index contributed by atoms with van der Waals surface area (Å²) in [5, 5.41) is 0. The van der Waals surface area contributed by atoms with Gasteiger partial charge in [-0.15, -0.1) is 0 Å². The molecule has 8 aromatic rings. The largest absolute Gasteiger partial charge is 0.0683 e. The fourth-order valence-electron chi connectivity index (χ4n) is 5.04. The summed E-state index contributed by atoms with van der Waals surface area (Å²) in [7, 11) is 0. The number of benzene rings is 8. The Kier molecular flexibility index (Phi) is 53.2. The normalized spacial score (nSPS) is 8.00. The van der Waals surface area contributed by atoms with Crippen LogP contribution >= 0.6 is 0 Å². The molecule has 0 aliphatic heterocycles. The predicted octanol–water partition coefficient (Wildman–Crippen LogP) is 21.6. The predicted molar refractivity (Wildman–Crippen MR) is 298 cm³/mol. The van der Waals surface area contributed by atoms with Gasteiger partial charge in [0.15, 0.2) is 0 Å². The molecule has 344 valence electrons. The molecule has 0 fully saturated rings. The molecule has 0 unspecified atom stereocenters. The lowest BCUT2D eigenvalue weighted by Gasteiger charge is -1.98. The van der Waals surface area contributed by atoms with Crippen molar-refractivity contribution in [1.29, 1.82) is 0 Å². The SMILES string of the molecule is CC.CC.CC.CC.CC.CC.CC.CC.c1ccc(-c2ccccc2)cc1.c1ccc(-c2ccccc2)cc1.c1ccc(-c2ccccc2)cc1.c1ccc(-c2ccccc2)cc1. The van der Waals surface area contributed by atoms with E-state index in [9.17, 15) is 0 Å². The van der Waals surface area contributed by atoms with Gasteiger partial charge in [0.25, 0.3) is 0 Å². The Morgan fingerprint density at radius 2 is 0.172 bits per heavy atom. The first-order valence-electron chi connectivity index (χ1n) is 24.3. The number of rotatable bonds is 4. The lowest BCUT2D eigenvalue weighted by Crippen LogP contribution is -1.73. The van der Waals surface area contributed by atoms with E-state index in [4.69, 9.17) is 0 Å². The number of hydrogen-bond acceptors (Lipinski definition) is 0. The molecule has 0 N–H and O–H groups in total. The minimum absolute atomic E-state index is 1.28. The highest BCUT2D eigenvalue weighted by atomic mass is 14.0. The fourth-order valence-corrected chi connectivity index (χ4v) is 5.04. The molecule has 0 nitrogen and oxygen atoms in total. The minimum atomic E-state index is 1.28. The van der Waals surface area contributed by atoms with Gasteiger partial charge in [0, 0.05) is 0 Å². The second-order valence-electron chi connectivity index (χ2n) is 10.9. The maximum atomic E-state index is 2.12. The lowest BCUT2D eigenvalue weighted by molar-refractivity contribution is 1.50. The summed E-state index contributed by atoms with van der Waals surface area (Å²) >= 11 is 0. The van der Waals surface area contributed by atoms with Gasteiger partial charge >= 0.3 is 0 Å². The van der Waals surface area contributed by atoms with E-state index >= 15 is 0 Å². The van der Waals surface area contributed by atoms with Crippen molar-refractivity contribution in [2.24, 2.45) is 0 Å². The fraction of sp³-hybridized carbons (Fsp3) is 0.250. The van der Waals surface area contributed by atoms with Crippen molar-refractivity contribution >= 4 is 0 Å².